The van der Waals surface area contributed by atoms with Gasteiger partial charge in [0.15, 0.2) is 10.2 Å². The number of aryl methyl sites for hydroxylation is 1. The summed E-state index contributed by atoms with van der Waals surface area (Å²) in [5.41, 5.74) is 0.747. The number of carboxylic acids is 1. The summed E-state index contributed by atoms with van der Waals surface area (Å²) in [5.74, 6) is -1.19. The second kappa shape index (κ2) is 5.66. The Labute approximate surface area is 125 Å². The molecule has 0 saturated heterocycles. The van der Waals surface area contributed by atoms with Gasteiger partial charge in [-0.2, -0.15) is 8.42 Å². The zero-order valence-electron chi connectivity index (χ0n) is 10.7. The van der Waals surface area contributed by atoms with Crippen LogP contribution in [-0.2, 0) is 10.0 Å². The van der Waals surface area contributed by atoms with Crippen molar-refractivity contribution < 1.29 is 18.3 Å². The molecule has 110 valence electrons. The lowest BCUT2D eigenvalue weighted by molar-refractivity contribution is 0.0696. The molecule has 9 heteroatoms. The molecule has 2 aromatic rings. The zero-order chi connectivity index (χ0) is 15.6. The maximum absolute atomic E-state index is 12.1. The molecule has 0 aliphatic heterocycles. The molecule has 0 saturated carbocycles. The Morgan fingerprint density at radius 1 is 1.29 bits per heavy atom. The number of anilines is 1. The first-order chi connectivity index (χ1) is 9.79. The predicted octanol–water partition coefficient (Wildman–Crippen LogP) is 1.94. The molecule has 0 amide bonds. The molecule has 2 aromatic heterocycles. The van der Waals surface area contributed by atoms with Crippen LogP contribution < -0.4 is 4.72 Å². The number of sulfonamides is 1. The van der Waals surface area contributed by atoms with Crippen LogP contribution in [0.15, 0.2) is 35.6 Å². The number of carboxylic acid groups (broad SMARTS) is 1. The van der Waals surface area contributed by atoms with E-state index in [9.17, 15) is 13.2 Å². The van der Waals surface area contributed by atoms with Gasteiger partial charge in [-0.25, -0.2) is 14.8 Å². The van der Waals surface area contributed by atoms with Crippen LogP contribution in [0, 0.1) is 6.92 Å². The molecule has 0 spiro atoms. The first-order valence-electron chi connectivity index (χ1n) is 5.64. The molecule has 0 atom stereocenters. The highest BCUT2D eigenvalue weighted by Gasteiger charge is 2.18. The van der Waals surface area contributed by atoms with Crippen molar-refractivity contribution in [2.75, 3.05) is 4.72 Å². The Bertz CT molecular complexity index is 791. The third kappa shape index (κ3) is 3.47. The summed E-state index contributed by atoms with van der Waals surface area (Å²) >= 11 is 5.82. The lowest BCUT2D eigenvalue weighted by atomic mass is 10.3. The molecule has 0 bridgehead atoms. The second-order valence-corrected chi connectivity index (χ2v) is 6.13. The highest BCUT2D eigenvalue weighted by molar-refractivity contribution is 7.92. The smallest absolute Gasteiger partial charge is 0.337 e. The van der Waals surface area contributed by atoms with E-state index in [1.807, 2.05) is 0 Å². The van der Waals surface area contributed by atoms with E-state index in [2.05, 4.69) is 14.7 Å². The minimum atomic E-state index is -3.97. The number of aromatic nitrogens is 2. The van der Waals surface area contributed by atoms with E-state index in [4.69, 9.17) is 16.7 Å². The van der Waals surface area contributed by atoms with Gasteiger partial charge in [0.1, 0.15) is 0 Å². The summed E-state index contributed by atoms with van der Waals surface area (Å²) in [5, 5.41) is 8.44. The molecule has 0 unspecified atom stereocenters. The van der Waals surface area contributed by atoms with Crippen LogP contribution in [0.4, 0.5) is 5.69 Å². The normalized spacial score (nSPS) is 11.1. The largest absolute Gasteiger partial charge is 0.478 e. The predicted molar refractivity (Wildman–Crippen MR) is 76.0 cm³/mol. The number of halogens is 1. The monoisotopic (exact) mass is 327 g/mol. The van der Waals surface area contributed by atoms with E-state index in [1.165, 1.54) is 12.3 Å². The summed E-state index contributed by atoms with van der Waals surface area (Å²) in [6, 6.07) is 3.78. The molecule has 2 heterocycles. The fourth-order valence-corrected chi connectivity index (χ4v) is 2.68. The van der Waals surface area contributed by atoms with Gasteiger partial charge in [0.2, 0.25) is 0 Å². The van der Waals surface area contributed by atoms with Crippen molar-refractivity contribution in [2.24, 2.45) is 0 Å². The van der Waals surface area contributed by atoms with Crippen LogP contribution in [-0.4, -0.2) is 29.5 Å². The third-order valence-electron chi connectivity index (χ3n) is 2.48. The maximum atomic E-state index is 12.1. The van der Waals surface area contributed by atoms with Gasteiger partial charge >= 0.3 is 5.97 Å². The fraction of sp³-hybridized carbons (Fsp3) is 0.0833. The SMILES string of the molecule is Cc1cnc(Cl)c(NS(=O)(=O)c2ccc(C(=O)O)cn2)c1. The van der Waals surface area contributed by atoms with E-state index >= 15 is 0 Å². The molecule has 21 heavy (non-hydrogen) atoms. The van der Waals surface area contributed by atoms with E-state index < -0.39 is 16.0 Å². The molecule has 2 rings (SSSR count). The number of nitrogens with zero attached hydrogens (tertiary/aromatic N) is 2. The summed E-state index contributed by atoms with van der Waals surface area (Å²) in [6.07, 6.45) is 2.47. The molecule has 0 aromatic carbocycles. The van der Waals surface area contributed by atoms with Crippen molar-refractivity contribution in [3.05, 3.63) is 46.9 Å². The number of hydrogen-bond donors (Lipinski definition) is 2. The van der Waals surface area contributed by atoms with Gasteiger partial charge in [0.25, 0.3) is 10.0 Å². The van der Waals surface area contributed by atoms with E-state index in [0.717, 1.165) is 23.9 Å². The lowest BCUT2D eigenvalue weighted by Crippen LogP contribution is -2.15. The van der Waals surface area contributed by atoms with Gasteiger partial charge < -0.3 is 5.11 Å². The number of carbonyl (C=O) groups is 1. The third-order valence-corrected chi connectivity index (χ3v) is 4.06. The number of pyridine rings is 2. The van der Waals surface area contributed by atoms with Gasteiger partial charge in [-0.15, -0.1) is 0 Å². The van der Waals surface area contributed by atoms with Crippen molar-refractivity contribution in [3.63, 3.8) is 0 Å². The highest BCUT2D eigenvalue weighted by Crippen LogP contribution is 2.22. The van der Waals surface area contributed by atoms with Gasteiger partial charge in [0, 0.05) is 12.4 Å². The second-order valence-electron chi connectivity index (χ2n) is 4.15. The zero-order valence-corrected chi connectivity index (χ0v) is 12.3. The molecule has 2 N–H and O–H groups in total. The number of rotatable bonds is 4. The van der Waals surface area contributed by atoms with Crippen LogP contribution in [0.1, 0.15) is 15.9 Å². The summed E-state index contributed by atoms with van der Waals surface area (Å²) < 4.78 is 26.5. The van der Waals surface area contributed by atoms with Gasteiger partial charge in [-0.3, -0.25) is 4.72 Å². The summed E-state index contributed by atoms with van der Waals surface area (Å²) in [7, 11) is -3.97. The molecular formula is C12H10ClN3O4S. The van der Waals surface area contributed by atoms with Gasteiger partial charge in [0.05, 0.1) is 11.3 Å². The average molecular weight is 328 g/mol. The highest BCUT2D eigenvalue weighted by atomic mass is 35.5. The Balaban J connectivity index is 2.34. The molecule has 0 fully saturated rings. The number of nitrogens with one attached hydrogen (secondary N) is 1. The number of hydrogen-bond acceptors (Lipinski definition) is 5. The van der Waals surface area contributed by atoms with Crippen molar-refractivity contribution in [3.8, 4) is 0 Å². The van der Waals surface area contributed by atoms with E-state index in [1.54, 1.807) is 6.92 Å². The first kappa shape index (κ1) is 15.2. The molecular weight excluding hydrogens is 318 g/mol. The number of aromatic carboxylic acids is 1. The molecule has 0 aliphatic rings. The van der Waals surface area contributed by atoms with Crippen molar-refractivity contribution in [1.82, 2.24) is 9.97 Å². The lowest BCUT2D eigenvalue weighted by Gasteiger charge is -2.09. The van der Waals surface area contributed by atoms with E-state index in [0.29, 0.717) is 0 Å². The minimum Gasteiger partial charge on any atom is -0.478 e. The topological polar surface area (TPSA) is 109 Å². The maximum Gasteiger partial charge on any atom is 0.337 e. The van der Waals surface area contributed by atoms with Crippen LogP contribution >= 0.6 is 11.6 Å². The summed E-state index contributed by atoms with van der Waals surface area (Å²) in [4.78, 5) is 18.2. The Hall–Kier alpha value is -2.19. The minimum absolute atomic E-state index is 0.00586. The van der Waals surface area contributed by atoms with Crippen LogP contribution in [0.5, 0.6) is 0 Å². The first-order valence-corrected chi connectivity index (χ1v) is 7.50. The molecule has 0 aliphatic carbocycles. The van der Waals surface area contributed by atoms with Gasteiger partial charge in [-0.1, -0.05) is 11.6 Å². The Kier molecular flexibility index (Phi) is 4.10. The quantitative estimate of drug-likeness (QED) is 0.830. The van der Waals surface area contributed by atoms with E-state index in [-0.39, 0.29) is 21.4 Å². The van der Waals surface area contributed by atoms with Crippen molar-refractivity contribution >= 4 is 33.3 Å². The van der Waals surface area contributed by atoms with Crippen molar-refractivity contribution in [1.29, 1.82) is 0 Å². The van der Waals surface area contributed by atoms with Crippen LogP contribution in [0.25, 0.3) is 0 Å². The fourth-order valence-electron chi connectivity index (χ4n) is 1.49. The van der Waals surface area contributed by atoms with Crippen molar-refractivity contribution in [2.45, 2.75) is 11.9 Å². The van der Waals surface area contributed by atoms with Crippen LogP contribution in [0.3, 0.4) is 0 Å². The molecule has 7 nitrogen and oxygen atoms in total. The van der Waals surface area contributed by atoms with Crippen LogP contribution in [0.2, 0.25) is 5.15 Å². The molecule has 0 radical (unpaired) electrons. The van der Waals surface area contributed by atoms with Gasteiger partial charge in [-0.05, 0) is 30.7 Å². The average Bonchev–Trinajstić information content (AvgIpc) is 2.43. The Morgan fingerprint density at radius 3 is 2.57 bits per heavy atom. The standard InChI is InChI=1S/C12H10ClN3O4S/c1-7-4-9(11(13)15-5-7)16-21(19,20)10-3-2-8(6-14-10)12(17)18/h2-6,16H,1H3,(H,17,18). The Morgan fingerprint density at radius 2 is 2.00 bits per heavy atom. The summed E-state index contributed by atoms with van der Waals surface area (Å²) in [6.45, 7) is 1.74.